The van der Waals surface area contributed by atoms with E-state index in [4.69, 9.17) is 21.4 Å². The van der Waals surface area contributed by atoms with Gasteiger partial charge in [-0.1, -0.05) is 11.3 Å². The van der Waals surface area contributed by atoms with Crippen LogP contribution in [0, 0.1) is 3.95 Å². The lowest BCUT2D eigenvalue weighted by Crippen LogP contribution is -1.82. The fourth-order valence-electron chi connectivity index (χ4n) is 1.08. The van der Waals surface area contributed by atoms with E-state index in [0.717, 1.165) is 5.76 Å². The van der Waals surface area contributed by atoms with Crippen molar-refractivity contribution in [3.8, 4) is 0 Å². The molecule has 0 aromatic carbocycles. The van der Waals surface area contributed by atoms with Gasteiger partial charge in [-0.15, -0.1) is 5.10 Å². The molecule has 84 valence electrons. The zero-order valence-corrected chi connectivity index (χ0v) is 10.1. The van der Waals surface area contributed by atoms with Crippen molar-refractivity contribution in [1.82, 2.24) is 10.2 Å². The Bertz CT molecular complexity index is 541. The molecule has 0 aliphatic carbocycles. The summed E-state index contributed by atoms with van der Waals surface area (Å²) in [6.45, 7) is 0.454. The number of rotatable bonds is 4. The molecule has 0 fully saturated rings. The molecule has 0 radical (unpaired) electrons. The number of aromatic nitrogens is 2. The summed E-state index contributed by atoms with van der Waals surface area (Å²) >= 11 is 6.20. The van der Waals surface area contributed by atoms with Crippen LogP contribution in [0.5, 0.6) is 0 Å². The molecule has 2 aromatic heterocycles. The van der Waals surface area contributed by atoms with Crippen molar-refractivity contribution in [2.45, 2.75) is 6.61 Å². The number of aliphatic imine (C=N–C) groups is 1. The highest BCUT2D eigenvalue weighted by molar-refractivity contribution is 7.73. The fourth-order valence-corrected chi connectivity index (χ4v) is 1.80. The number of nitrogens with zero attached hydrogens (tertiary/aromatic N) is 2. The maximum Gasteiger partial charge on any atom is 0.230 e. The highest BCUT2D eigenvalue weighted by Gasteiger charge is 1.99. The molecular formula is C9H9N3O2S2. The third kappa shape index (κ3) is 2.84. The SMILES string of the molecule is COCc1ccc(C=Nc2n[nH]c(=S)s2)o1. The fraction of sp³-hybridized carbons (Fsp3) is 0.222. The minimum atomic E-state index is 0.454. The summed E-state index contributed by atoms with van der Waals surface area (Å²) < 4.78 is 11.0. The molecule has 2 aromatic rings. The van der Waals surface area contributed by atoms with Gasteiger partial charge in [-0.25, -0.2) is 4.99 Å². The second kappa shape index (κ2) is 5.15. The number of ether oxygens (including phenoxy) is 1. The quantitative estimate of drug-likeness (QED) is 0.674. The first-order valence-corrected chi connectivity index (χ1v) is 5.67. The van der Waals surface area contributed by atoms with Crippen LogP contribution in [-0.4, -0.2) is 23.5 Å². The summed E-state index contributed by atoms with van der Waals surface area (Å²) in [5.74, 6) is 1.42. The number of furan rings is 1. The van der Waals surface area contributed by atoms with E-state index in [1.165, 1.54) is 11.3 Å². The van der Waals surface area contributed by atoms with E-state index in [9.17, 15) is 0 Å². The third-order valence-electron chi connectivity index (χ3n) is 1.70. The van der Waals surface area contributed by atoms with Gasteiger partial charge in [0.05, 0.1) is 6.21 Å². The average Bonchev–Trinajstić information content (AvgIpc) is 2.85. The molecule has 0 amide bonds. The zero-order chi connectivity index (χ0) is 11.4. The van der Waals surface area contributed by atoms with Crippen LogP contribution in [0.1, 0.15) is 11.5 Å². The molecule has 5 nitrogen and oxygen atoms in total. The van der Waals surface area contributed by atoms with E-state index in [0.29, 0.717) is 21.5 Å². The Morgan fingerprint density at radius 2 is 2.56 bits per heavy atom. The first-order valence-electron chi connectivity index (χ1n) is 4.45. The van der Waals surface area contributed by atoms with Crippen LogP contribution < -0.4 is 0 Å². The van der Waals surface area contributed by atoms with Gasteiger partial charge in [0.15, 0.2) is 3.95 Å². The highest BCUT2D eigenvalue weighted by Crippen LogP contribution is 2.15. The molecule has 0 saturated carbocycles. The van der Waals surface area contributed by atoms with Crippen LogP contribution in [0.2, 0.25) is 0 Å². The van der Waals surface area contributed by atoms with Crippen molar-refractivity contribution in [2.24, 2.45) is 4.99 Å². The average molecular weight is 255 g/mol. The monoisotopic (exact) mass is 255 g/mol. The molecule has 0 atom stereocenters. The smallest absolute Gasteiger partial charge is 0.230 e. The Hall–Kier alpha value is -1.31. The number of hydrogen-bond acceptors (Lipinski definition) is 6. The zero-order valence-electron chi connectivity index (χ0n) is 8.47. The summed E-state index contributed by atoms with van der Waals surface area (Å²) in [6, 6.07) is 3.67. The van der Waals surface area contributed by atoms with Crippen LogP contribution in [0.3, 0.4) is 0 Å². The third-order valence-corrected chi connectivity index (χ3v) is 2.70. The molecular weight excluding hydrogens is 246 g/mol. The van der Waals surface area contributed by atoms with E-state index in [1.54, 1.807) is 13.3 Å². The molecule has 0 aliphatic heterocycles. The lowest BCUT2D eigenvalue weighted by atomic mass is 10.4. The van der Waals surface area contributed by atoms with Crippen LogP contribution in [0.25, 0.3) is 0 Å². The van der Waals surface area contributed by atoms with Crippen molar-refractivity contribution in [3.05, 3.63) is 27.6 Å². The van der Waals surface area contributed by atoms with Crippen LogP contribution in [0.15, 0.2) is 21.5 Å². The molecule has 2 heterocycles. The normalized spacial score (nSPS) is 11.3. The number of methoxy groups -OCH3 is 1. The van der Waals surface area contributed by atoms with Crippen molar-refractivity contribution in [1.29, 1.82) is 0 Å². The first kappa shape index (κ1) is 11.2. The van der Waals surface area contributed by atoms with Gasteiger partial charge >= 0.3 is 0 Å². The summed E-state index contributed by atoms with van der Waals surface area (Å²) in [6.07, 6.45) is 1.60. The molecule has 0 aliphatic rings. The molecule has 0 bridgehead atoms. The Morgan fingerprint density at radius 1 is 1.69 bits per heavy atom. The van der Waals surface area contributed by atoms with Crippen LogP contribution in [0.4, 0.5) is 5.13 Å². The molecule has 2 rings (SSSR count). The second-order valence-corrected chi connectivity index (χ2v) is 4.54. The summed E-state index contributed by atoms with van der Waals surface area (Å²) in [5.41, 5.74) is 0. The van der Waals surface area contributed by atoms with Gasteiger partial charge in [-0.2, -0.15) is 0 Å². The molecule has 0 unspecified atom stereocenters. The lowest BCUT2D eigenvalue weighted by molar-refractivity contribution is 0.164. The largest absolute Gasteiger partial charge is 0.458 e. The van der Waals surface area contributed by atoms with E-state index in [1.807, 2.05) is 12.1 Å². The molecule has 0 spiro atoms. The maximum atomic E-state index is 5.42. The first-order chi connectivity index (χ1) is 7.78. The number of aromatic amines is 1. The Morgan fingerprint density at radius 3 is 3.25 bits per heavy atom. The second-order valence-electron chi connectivity index (χ2n) is 2.89. The molecule has 0 saturated heterocycles. The van der Waals surface area contributed by atoms with Crippen molar-refractivity contribution < 1.29 is 9.15 Å². The summed E-state index contributed by atoms with van der Waals surface area (Å²) in [7, 11) is 1.62. The van der Waals surface area contributed by atoms with Gasteiger partial charge in [0.1, 0.15) is 18.1 Å². The van der Waals surface area contributed by atoms with Crippen molar-refractivity contribution >= 4 is 34.9 Å². The van der Waals surface area contributed by atoms with Gasteiger partial charge in [0.2, 0.25) is 5.13 Å². The van der Waals surface area contributed by atoms with E-state index < -0.39 is 0 Å². The molecule has 1 N–H and O–H groups in total. The topological polar surface area (TPSA) is 63.4 Å². The number of hydrogen-bond donors (Lipinski definition) is 1. The van der Waals surface area contributed by atoms with Crippen molar-refractivity contribution in [2.75, 3.05) is 7.11 Å². The predicted molar refractivity (Wildman–Crippen MR) is 64.0 cm³/mol. The highest BCUT2D eigenvalue weighted by atomic mass is 32.1. The van der Waals surface area contributed by atoms with Gasteiger partial charge in [0, 0.05) is 7.11 Å². The standard InChI is InChI=1S/C9H9N3O2S2/c1-13-5-7-3-2-6(14-7)4-10-8-11-12-9(15)16-8/h2-4H,5H2,1H3,(H,12,15). The van der Waals surface area contributed by atoms with Gasteiger partial charge < -0.3 is 9.15 Å². The number of H-pyrrole nitrogens is 1. The van der Waals surface area contributed by atoms with Crippen molar-refractivity contribution in [3.63, 3.8) is 0 Å². The van der Waals surface area contributed by atoms with E-state index >= 15 is 0 Å². The Kier molecular flexibility index (Phi) is 3.60. The van der Waals surface area contributed by atoms with Gasteiger partial charge in [0.25, 0.3) is 0 Å². The van der Waals surface area contributed by atoms with Gasteiger partial charge in [-0.3, -0.25) is 5.10 Å². The van der Waals surface area contributed by atoms with E-state index in [2.05, 4.69) is 15.2 Å². The maximum absolute atomic E-state index is 5.42. The van der Waals surface area contributed by atoms with E-state index in [-0.39, 0.29) is 0 Å². The van der Waals surface area contributed by atoms with Crippen LogP contribution in [-0.2, 0) is 11.3 Å². The minimum absolute atomic E-state index is 0.454. The number of nitrogens with one attached hydrogen (secondary N) is 1. The van der Waals surface area contributed by atoms with Gasteiger partial charge in [-0.05, 0) is 24.4 Å². The Labute approximate surface area is 101 Å². The predicted octanol–water partition coefficient (Wildman–Crippen LogP) is 2.69. The minimum Gasteiger partial charge on any atom is -0.458 e. The lowest BCUT2D eigenvalue weighted by Gasteiger charge is -1.90. The van der Waals surface area contributed by atoms with Crippen LogP contribution >= 0.6 is 23.6 Å². The Balaban J connectivity index is 2.08. The summed E-state index contributed by atoms with van der Waals surface area (Å²) in [4.78, 5) is 4.12. The molecule has 7 heteroatoms. The molecule has 16 heavy (non-hydrogen) atoms. The summed E-state index contributed by atoms with van der Waals surface area (Å²) in [5, 5.41) is 7.13.